The molecule has 6 nitrogen and oxygen atoms in total. The van der Waals surface area contributed by atoms with Crippen LogP contribution in [0.25, 0.3) is 0 Å². The summed E-state index contributed by atoms with van der Waals surface area (Å²) in [4.78, 5) is 25.6. The van der Waals surface area contributed by atoms with Gasteiger partial charge in [0.1, 0.15) is 6.10 Å². The van der Waals surface area contributed by atoms with Crippen LogP contribution in [0, 0.1) is 5.92 Å². The summed E-state index contributed by atoms with van der Waals surface area (Å²) in [5, 5.41) is 10.5. The Hall–Kier alpha value is -1.18. The highest BCUT2D eigenvalue weighted by Gasteiger charge is 2.43. The van der Waals surface area contributed by atoms with Gasteiger partial charge in [-0.15, -0.1) is 6.58 Å². The highest BCUT2D eigenvalue weighted by molar-refractivity contribution is 6.74. The van der Waals surface area contributed by atoms with Crippen molar-refractivity contribution in [1.82, 2.24) is 4.90 Å². The van der Waals surface area contributed by atoms with E-state index in [0.717, 1.165) is 4.90 Å². The van der Waals surface area contributed by atoms with Gasteiger partial charge in [-0.05, 0) is 38.4 Å². The summed E-state index contributed by atoms with van der Waals surface area (Å²) in [5.41, 5.74) is 0. The molecule has 2 amide bonds. The SMILES string of the molecule is C=C[C@@H](C(=O)N1C(=O)O[C@@H](C)[C@H]1C)[C@@H](O)CCO[Si](C)(C)C(C)(C)C. The minimum absolute atomic E-state index is 0.0799. The van der Waals surface area contributed by atoms with Crippen molar-refractivity contribution in [3.05, 3.63) is 12.7 Å². The number of imide groups is 1. The zero-order valence-corrected chi connectivity index (χ0v) is 17.5. The molecule has 0 aromatic carbocycles. The Bertz CT molecular complexity index is 514. The third kappa shape index (κ3) is 4.92. The average Bonchev–Trinajstić information content (AvgIpc) is 2.71. The minimum atomic E-state index is -1.91. The maximum atomic E-state index is 12.7. The Labute approximate surface area is 152 Å². The first-order chi connectivity index (χ1) is 11.3. The Balaban J connectivity index is 2.69. The third-order valence-electron chi connectivity index (χ3n) is 5.44. The number of amides is 2. The number of hydrogen-bond donors (Lipinski definition) is 1. The van der Waals surface area contributed by atoms with Gasteiger partial charge in [0.25, 0.3) is 0 Å². The molecule has 7 heteroatoms. The van der Waals surface area contributed by atoms with Crippen molar-refractivity contribution in [1.29, 1.82) is 0 Å². The van der Waals surface area contributed by atoms with Crippen LogP contribution in [-0.2, 0) is 14.0 Å². The number of carbonyl (C=O) groups is 2. The highest BCUT2D eigenvalue weighted by atomic mass is 28.4. The second-order valence-corrected chi connectivity index (χ2v) is 13.1. The second kappa shape index (κ2) is 8.01. The van der Waals surface area contributed by atoms with E-state index in [1.54, 1.807) is 13.8 Å². The van der Waals surface area contributed by atoms with Crippen molar-refractivity contribution >= 4 is 20.3 Å². The summed E-state index contributed by atoms with van der Waals surface area (Å²) in [6, 6.07) is -0.363. The van der Waals surface area contributed by atoms with Crippen molar-refractivity contribution in [3.63, 3.8) is 0 Å². The average molecular weight is 372 g/mol. The van der Waals surface area contributed by atoms with E-state index < -0.39 is 32.3 Å². The van der Waals surface area contributed by atoms with Crippen LogP contribution in [0.5, 0.6) is 0 Å². The van der Waals surface area contributed by atoms with Gasteiger partial charge in [-0.2, -0.15) is 0 Å². The normalized spacial score (nSPS) is 24.0. The summed E-state index contributed by atoms with van der Waals surface area (Å²) in [7, 11) is -1.91. The molecule has 1 aliphatic heterocycles. The van der Waals surface area contributed by atoms with Crippen LogP contribution >= 0.6 is 0 Å². The number of aliphatic hydroxyl groups excluding tert-OH is 1. The molecule has 25 heavy (non-hydrogen) atoms. The quantitative estimate of drug-likeness (QED) is 0.549. The van der Waals surface area contributed by atoms with E-state index in [1.165, 1.54) is 6.08 Å². The van der Waals surface area contributed by atoms with E-state index in [0.29, 0.717) is 13.0 Å². The van der Waals surface area contributed by atoms with Crippen molar-refractivity contribution in [2.45, 2.75) is 77.4 Å². The highest BCUT2D eigenvalue weighted by Crippen LogP contribution is 2.36. The number of nitrogens with zero attached hydrogens (tertiary/aromatic N) is 1. The number of carbonyl (C=O) groups excluding carboxylic acids is 2. The third-order valence-corrected chi connectivity index (χ3v) is 9.98. The molecule has 0 saturated carbocycles. The van der Waals surface area contributed by atoms with E-state index >= 15 is 0 Å². The molecule has 0 bridgehead atoms. The van der Waals surface area contributed by atoms with E-state index in [9.17, 15) is 14.7 Å². The van der Waals surface area contributed by atoms with E-state index in [2.05, 4.69) is 40.4 Å². The minimum Gasteiger partial charge on any atom is -0.444 e. The maximum Gasteiger partial charge on any atom is 0.417 e. The molecular formula is C18H33NO5Si. The molecule has 1 saturated heterocycles. The summed E-state index contributed by atoms with van der Waals surface area (Å²) in [6.45, 7) is 18.2. The van der Waals surface area contributed by atoms with Gasteiger partial charge in [-0.1, -0.05) is 26.8 Å². The van der Waals surface area contributed by atoms with Crippen LogP contribution in [-0.4, -0.2) is 55.2 Å². The number of rotatable bonds is 7. The molecule has 1 fully saturated rings. The number of hydrogen-bond acceptors (Lipinski definition) is 5. The first-order valence-electron chi connectivity index (χ1n) is 8.81. The van der Waals surface area contributed by atoms with Gasteiger partial charge in [0.2, 0.25) is 5.91 Å². The van der Waals surface area contributed by atoms with Crippen molar-refractivity contribution < 1.29 is 23.9 Å². The van der Waals surface area contributed by atoms with Gasteiger partial charge in [0, 0.05) is 6.61 Å². The van der Waals surface area contributed by atoms with Crippen molar-refractivity contribution in [3.8, 4) is 0 Å². The molecule has 0 radical (unpaired) electrons. The van der Waals surface area contributed by atoms with Gasteiger partial charge in [-0.3, -0.25) is 4.79 Å². The molecule has 0 aliphatic carbocycles. The topological polar surface area (TPSA) is 76.1 Å². The first kappa shape index (κ1) is 21.9. The Morgan fingerprint density at radius 1 is 1.44 bits per heavy atom. The van der Waals surface area contributed by atoms with Gasteiger partial charge in [0.05, 0.1) is 18.1 Å². The summed E-state index contributed by atoms with van der Waals surface area (Å²) < 4.78 is 11.1. The molecule has 0 spiro atoms. The van der Waals surface area contributed by atoms with Crippen LogP contribution in [0.2, 0.25) is 18.1 Å². The smallest absolute Gasteiger partial charge is 0.417 e. The summed E-state index contributed by atoms with van der Waals surface area (Å²) in [6.07, 6.45) is -0.280. The molecule has 0 aromatic heterocycles. The molecule has 1 aliphatic rings. The number of aliphatic hydroxyl groups is 1. The van der Waals surface area contributed by atoms with E-state index in [-0.39, 0.29) is 17.2 Å². The van der Waals surface area contributed by atoms with Gasteiger partial charge in [0.15, 0.2) is 8.32 Å². The first-order valence-corrected chi connectivity index (χ1v) is 11.7. The molecule has 1 rings (SSSR count). The predicted octanol–water partition coefficient (Wildman–Crippen LogP) is 3.32. The second-order valence-electron chi connectivity index (χ2n) is 8.26. The maximum absolute atomic E-state index is 12.7. The molecule has 1 heterocycles. The lowest BCUT2D eigenvalue weighted by Crippen LogP contribution is -2.45. The number of ether oxygens (including phenoxy) is 1. The summed E-state index contributed by atoms with van der Waals surface area (Å²) >= 11 is 0. The molecule has 0 unspecified atom stereocenters. The lowest BCUT2D eigenvalue weighted by atomic mass is 9.97. The lowest BCUT2D eigenvalue weighted by molar-refractivity contribution is -0.135. The standard InChI is InChI=1S/C18H33NO5Si/c1-9-14(16(21)19-12(2)13(3)24-17(19)22)15(20)10-11-23-25(7,8)18(4,5)6/h9,12-15,20H,1,10-11H2,2-8H3/t12-,13+,14-,15+/m1/s1. The lowest BCUT2D eigenvalue weighted by Gasteiger charge is -2.36. The fourth-order valence-corrected chi connectivity index (χ4v) is 3.46. The fraction of sp³-hybridized carbons (Fsp3) is 0.778. The molecule has 4 atom stereocenters. The fourth-order valence-electron chi connectivity index (χ4n) is 2.40. The van der Waals surface area contributed by atoms with Crippen LogP contribution < -0.4 is 0 Å². The van der Waals surface area contributed by atoms with E-state index in [4.69, 9.17) is 9.16 Å². The van der Waals surface area contributed by atoms with E-state index in [1.807, 2.05) is 0 Å². The summed E-state index contributed by atoms with van der Waals surface area (Å²) in [5.74, 6) is -1.33. The van der Waals surface area contributed by atoms with Crippen LogP contribution in [0.15, 0.2) is 12.7 Å². The monoisotopic (exact) mass is 371 g/mol. The predicted molar refractivity (Wildman–Crippen MR) is 99.7 cm³/mol. The van der Waals surface area contributed by atoms with Crippen LogP contribution in [0.4, 0.5) is 4.79 Å². The van der Waals surface area contributed by atoms with Crippen molar-refractivity contribution in [2.24, 2.45) is 5.92 Å². The number of cyclic esters (lactones) is 1. The van der Waals surface area contributed by atoms with Crippen molar-refractivity contribution in [2.75, 3.05) is 6.61 Å². The zero-order chi connectivity index (χ0) is 19.6. The Morgan fingerprint density at radius 2 is 2.00 bits per heavy atom. The van der Waals surface area contributed by atoms with Gasteiger partial charge in [-0.25, -0.2) is 9.69 Å². The van der Waals surface area contributed by atoms with Crippen LogP contribution in [0.3, 0.4) is 0 Å². The Kier molecular flexibility index (Phi) is 7.01. The molecular weight excluding hydrogens is 338 g/mol. The molecule has 1 N–H and O–H groups in total. The zero-order valence-electron chi connectivity index (χ0n) is 16.5. The van der Waals surface area contributed by atoms with Crippen LogP contribution in [0.1, 0.15) is 41.0 Å². The molecule has 0 aromatic rings. The Morgan fingerprint density at radius 3 is 2.40 bits per heavy atom. The largest absolute Gasteiger partial charge is 0.444 e. The molecule has 144 valence electrons. The van der Waals surface area contributed by atoms with Gasteiger partial charge >= 0.3 is 6.09 Å². The van der Waals surface area contributed by atoms with Gasteiger partial charge < -0.3 is 14.3 Å².